The van der Waals surface area contributed by atoms with Crippen molar-refractivity contribution in [1.82, 2.24) is 0 Å². The van der Waals surface area contributed by atoms with Gasteiger partial charge >= 0.3 is 165 Å². The van der Waals surface area contributed by atoms with E-state index in [-0.39, 0.29) is 19.8 Å². The SMILES string of the molecule is C=CC(CCI(C)C(=O)OC(C)(C)C)SSc1ccccc1[N+](=O)[O-]. The first-order valence-corrected chi connectivity index (χ1v) is 14.6. The Bertz CT molecular complexity index is 619. The number of carbonyl (C=O) groups excluding carboxylic acids is 1. The van der Waals surface area contributed by atoms with E-state index in [1.807, 2.05) is 31.8 Å². The van der Waals surface area contributed by atoms with E-state index in [0.717, 1.165) is 10.8 Å². The summed E-state index contributed by atoms with van der Waals surface area (Å²) in [5.41, 5.74) is -0.335. The van der Waals surface area contributed by atoms with E-state index in [1.165, 1.54) is 16.9 Å². The molecule has 5 nitrogen and oxygen atoms in total. The molecular formula is C17H24INO4S2. The van der Waals surface area contributed by atoms with Gasteiger partial charge in [-0.3, -0.25) is 0 Å². The predicted molar refractivity (Wildman–Crippen MR) is 116 cm³/mol. The molecule has 8 heteroatoms. The third kappa shape index (κ3) is 8.46. The van der Waals surface area contributed by atoms with E-state index >= 15 is 0 Å². The molecule has 140 valence electrons. The zero-order chi connectivity index (χ0) is 19.0. The van der Waals surface area contributed by atoms with Crippen molar-refractivity contribution in [2.45, 2.75) is 42.9 Å². The van der Waals surface area contributed by atoms with Gasteiger partial charge in [0.2, 0.25) is 0 Å². The molecule has 0 aromatic heterocycles. The average Bonchev–Trinajstić information content (AvgIpc) is 2.53. The van der Waals surface area contributed by atoms with Crippen molar-refractivity contribution in [3.63, 3.8) is 0 Å². The van der Waals surface area contributed by atoms with Crippen molar-refractivity contribution < 1.29 is 14.5 Å². The molecule has 1 aromatic carbocycles. The van der Waals surface area contributed by atoms with Crippen LogP contribution in [-0.2, 0) is 4.74 Å². The molecular weight excluding hydrogens is 473 g/mol. The molecule has 0 heterocycles. The Hall–Kier alpha value is -0.740. The first-order valence-electron chi connectivity index (χ1n) is 7.62. The number of nitro groups is 1. The fourth-order valence-electron chi connectivity index (χ4n) is 1.65. The van der Waals surface area contributed by atoms with Gasteiger partial charge in [0.1, 0.15) is 0 Å². The summed E-state index contributed by atoms with van der Waals surface area (Å²) in [5, 5.41) is 11.2. The van der Waals surface area contributed by atoms with Crippen LogP contribution >= 0.6 is 41.4 Å². The topological polar surface area (TPSA) is 69.4 Å². The molecule has 0 spiro atoms. The molecule has 1 atom stereocenters. The molecule has 0 aliphatic rings. The number of ether oxygens (including phenoxy) is 1. The summed E-state index contributed by atoms with van der Waals surface area (Å²) in [7, 11) is 2.92. The Labute approximate surface area is 164 Å². The molecule has 0 saturated carbocycles. The number of hydrogen-bond donors (Lipinski definition) is 0. The number of halogens is 1. The molecule has 0 fully saturated rings. The average molecular weight is 497 g/mol. The minimum absolute atomic E-state index is 0.0455. The second-order valence-corrected chi connectivity index (χ2v) is 14.0. The van der Waals surface area contributed by atoms with Crippen LogP contribution in [0.2, 0.25) is 0 Å². The third-order valence-corrected chi connectivity index (χ3v) is 9.74. The minimum atomic E-state index is -1.81. The van der Waals surface area contributed by atoms with Gasteiger partial charge in [-0.25, -0.2) is 0 Å². The van der Waals surface area contributed by atoms with Crippen molar-refractivity contribution in [2.24, 2.45) is 0 Å². The zero-order valence-corrected chi connectivity index (χ0v) is 18.7. The number of para-hydroxylation sites is 1. The van der Waals surface area contributed by atoms with Crippen molar-refractivity contribution in [1.29, 1.82) is 0 Å². The molecule has 0 amide bonds. The number of nitro benzene ring substituents is 1. The van der Waals surface area contributed by atoms with Gasteiger partial charge < -0.3 is 0 Å². The van der Waals surface area contributed by atoms with Crippen LogP contribution in [0, 0.1) is 10.1 Å². The summed E-state index contributed by atoms with van der Waals surface area (Å²) in [6.07, 6.45) is 2.66. The van der Waals surface area contributed by atoms with Crippen LogP contribution in [0.25, 0.3) is 0 Å². The Kier molecular flexibility index (Phi) is 9.29. The second-order valence-electron chi connectivity index (χ2n) is 6.20. The fourth-order valence-corrected chi connectivity index (χ4v) is 7.67. The predicted octanol–water partition coefficient (Wildman–Crippen LogP) is 6.35. The maximum atomic E-state index is 12.1. The summed E-state index contributed by atoms with van der Waals surface area (Å²) < 4.78 is 6.24. The van der Waals surface area contributed by atoms with Crippen LogP contribution in [0.4, 0.5) is 10.5 Å². The Balaban J connectivity index is 2.54. The van der Waals surface area contributed by atoms with Crippen LogP contribution in [0.5, 0.6) is 0 Å². The van der Waals surface area contributed by atoms with Gasteiger partial charge in [-0.15, -0.1) is 0 Å². The van der Waals surface area contributed by atoms with Crippen molar-refractivity contribution in [3.05, 3.63) is 47.0 Å². The van der Waals surface area contributed by atoms with Gasteiger partial charge in [-0.05, 0) is 0 Å². The summed E-state index contributed by atoms with van der Waals surface area (Å²) in [6, 6.07) is 6.70. The number of nitrogens with zero attached hydrogens (tertiary/aromatic N) is 1. The Morgan fingerprint density at radius 1 is 1.44 bits per heavy atom. The number of alkyl halides is 2. The van der Waals surface area contributed by atoms with Gasteiger partial charge in [-0.1, -0.05) is 0 Å². The number of hydrogen-bond acceptors (Lipinski definition) is 6. The molecule has 0 N–H and O–H groups in total. The van der Waals surface area contributed by atoms with Crippen LogP contribution in [0.1, 0.15) is 27.2 Å². The molecule has 1 aromatic rings. The normalized spacial score (nSPS) is 13.0. The first kappa shape index (κ1) is 22.3. The van der Waals surface area contributed by atoms with E-state index in [1.54, 1.807) is 29.0 Å². The molecule has 0 aliphatic heterocycles. The molecule has 25 heavy (non-hydrogen) atoms. The molecule has 0 saturated heterocycles. The van der Waals surface area contributed by atoms with Gasteiger partial charge in [0, 0.05) is 0 Å². The number of rotatable bonds is 9. The molecule has 0 bridgehead atoms. The third-order valence-electron chi connectivity index (χ3n) is 2.91. The summed E-state index contributed by atoms with van der Waals surface area (Å²) in [4.78, 5) is 25.4. The maximum absolute atomic E-state index is 12.1. The summed E-state index contributed by atoms with van der Waals surface area (Å²) >= 11 is -1.81. The summed E-state index contributed by atoms with van der Waals surface area (Å²) in [6.45, 7) is 9.47. The van der Waals surface area contributed by atoms with Crippen LogP contribution < -0.4 is 0 Å². The number of carbonyl (C=O) groups is 1. The quantitative estimate of drug-likeness (QED) is 0.0753. The monoisotopic (exact) mass is 497 g/mol. The van der Waals surface area contributed by atoms with Crippen molar-refractivity contribution >= 4 is 51.1 Å². The van der Waals surface area contributed by atoms with E-state index < -0.39 is 25.4 Å². The van der Waals surface area contributed by atoms with Crippen molar-refractivity contribution in [3.8, 4) is 0 Å². The van der Waals surface area contributed by atoms with Gasteiger partial charge in [0.25, 0.3) is 0 Å². The van der Waals surface area contributed by atoms with E-state index in [9.17, 15) is 14.9 Å². The van der Waals surface area contributed by atoms with E-state index in [2.05, 4.69) is 6.58 Å². The second kappa shape index (κ2) is 10.4. The Morgan fingerprint density at radius 3 is 2.64 bits per heavy atom. The molecule has 1 rings (SSSR count). The van der Waals surface area contributed by atoms with Gasteiger partial charge in [-0.2, -0.15) is 0 Å². The first-order chi connectivity index (χ1) is 11.6. The van der Waals surface area contributed by atoms with E-state index in [0.29, 0.717) is 4.90 Å². The van der Waals surface area contributed by atoms with Gasteiger partial charge in [0.05, 0.1) is 0 Å². The van der Waals surface area contributed by atoms with Crippen LogP contribution in [0.3, 0.4) is 0 Å². The molecule has 1 unspecified atom stereocenters. The van der Waals surface area contributed by atoms with Crippen LogP contribution in [-0.4, -0.2) is 29.1 Å². The Morgan fingerprint density at radius 2 is 2.08 bits per heavy atom. The van der Waals surface area contributed by atoms with Gasteiger partial charge in [0.15, 0.2) is 0 Å². The summed E-state index contributed by atoms with van der Waals surface area (Å²) in [5.74, 6) is 0. The fraction of sp³-hybridized carbons (Fsp3) is 0.471. The number of benzene rings is 1. The van der Waals surface area contributed by atoms with Crippen molar-refractivity contribution in [2.75, 3.05) is 9.36 Å². The standard InChI is InChI=1S/C17H24INO4S2/c1-6-13(11-12-18(5)16(20)23-17(2,3)4)24-25-15-10-8-7-9-14(15)19(21)22/h6-10,13H,1,11-12H2,2-5H3. The van der Waals surface area contributed by atoms with Crippen LogP contribution in [0.15, 0.2) is 41.8 Å². The van der Waals surface area contributed by atoms with E-state index in [4.69, 9.17) is 4.74 Å². The molecule has 0 aliphatic carbocycles. The zero-order valence-electron chi connectivity index (χ0n) is 14.9. The molecule has 0 radical (unpaired) electrons.